The van der Waals surface area contributed by atoms with Crippen molar-refractivity contribution in [1.82, 2.24) is 18.7 Å². The summed E-state index contributed by atoms with van der Waals surface area (Å²) in [5, 5.41) is 7.96. The highest BCUT2D eigenvalue weighted by Crippen LogP contribution is 2.46. The summed E-state index contributed by atoms with van der Waals surface area (Å²) in [4.78, 5) is 12.4. The summed E-state index contributed by atoms with van der Waals surface area (Å²) in [6.07, 6.45) is 1.98. The van der Waals surface area contributed by atoms with Crippen LogP contribution in [0.3, 0.4) is 0 Å². The number of hydrogen-bond donors (Lipinski definition) is 0. The summed E-state index contributed by atoms with van der Waals surface area (Å²) in [6.45, 7) is 0. The Hall–Kier alpha value is -11.9. The molecule has 4 heterocycles. The summed E-state index contributed by atoms with van der Waals surface area (Å²) in [5.41, 5.74) is 20.3. The summed E-state index contributed by atoms with van der Waals surface area (Å²) in [7, 11) is 0. The van der Waals surface area contributed by atoms with Crippen molar-refractivity contribution in [2.24, 2.45) is 0 Å². The fraction of sp³-hybridized carbons (Fsp3) is 0. The van der Waals surface area contributed by atoms with Crippen LogP contribution in [0.4, 0.5) is 51.2 Å². The predicted octanol–water partition coefficient (Wildman–Crippen LogP) is 21.9. The molecule has 13 aromatic carbocycles. The van der Waals surface area contributed by atoms with Gasteiger partial charge in [0, 0.05) is 95.1 Å². The molecule has 0 saturated carbocycles. The number of para-hydroxylation sites is 9. The Labute approximate surface area is 508 Å². The quantitative estimate of drug-likeness (QED) is 0.122. The Bertz CT molecular complexity index is 5330. The van der Waals surface area contributed by atoms with Crippen LogP contribution in [-0.4, -0.2) is 18.7 Å². The maximum Gasteiger partial charge on any atom is 0.0745 e. The lowest BCUT2D eigenvalue weighted by Crippen LogP contribution is -2.10. The summed E-state index contributed by atoms with van der Waals surface area (Å²) < 4.78 is 7.42. The maximum atomic E-state index is 5.33. The van der Waals surface area contributed by atoms with Gasteiger partial charge in [-0.15, -0.1) is 0 Å². The van der Waals surface area contributed by atoms with Crippen LogP contribution >= 0.6 is 0 Å². The molecule has 0 bridgehead atoms. The van der Waals surface area contributed by atoms with Gasteiger partial charge in [-0.3, -0.25) is 4.98 Å². The average molecular weight is 1130 g/mol. The first-order chi connectivity index (χ1) is 43.7. The molecule has 0 N–H and O–H groups in total. The highest BCUT2D eigenvalue weighted by Gasteiger charge is 2.26. The van der Waals surface area contributed by atoms with Crippen molar-refractivity contribution in [3.8, 4) is 17.1 Å². The van der Waals surface area contributed by atoms with Gasteiger partial charge < -0.3 is 28.4 Å². The van der Waals surface area contributed by atoms with Crippen LogP contribution in [0.25, 0.3) is 93.4 Å². The van der Waals surface area contributed by atoms with Crippen LogP contribution in [0.15, 0.2) is 334 Å². The Kier molecular flexibility index (Phi) is 12.1. The van der Waals surface area contributed by atoms with Crippen LogP contribution in [0.5, 0.6) is 0 Å². The zero-order chi connectivity index (χ0) is 58.1. The molecule has 7 heteroatoms. The lowest BCUT2D eigenvalue weighted by molar-refractivity contribution is 1.09. The van der Waals surface area contributed by atoms with E-state index in [4.69, 9.17) is 4.98 Å². The summed E-state index contributed by atoms with van der Waals surface area (Å²) >= 11 is 0. The zero-order valence-electron chi connectivity index (χ0n) is 47.9. The van der Waals surface area contributed by atoms with Crippen LogP contribution < -0.4 is 14.7 Å². The third-order valence-electron chi connectivity index (χ3n) is 17.4. The number of fused-ring (bicyclic) bond motifs is 10. The molecule has 0 amide bonds. The Morgan fingerprint density at radius 2 is 0.466 bits per heavy atom. The van der Waals surface area contributed by atoms with Gasteiger partial charge in [-0.05, 0) is 164 Å². The second-order valence-electron chi connectivity index (χ2n) is 22.4. The molecular weight excluding hydrogens is 1070 g/mol. The molecule has 0 spiro atoms. The normalized spacial score (nSPS) is 11.6. The second-order valence-corrected chi connectivity index (χ2v) is 22.4. The maximum absolute atomic E-state index is 5.33. The average Bonchev–Trinajstić information content (AvgIpc) is 1.59. The minimum atomic E-state index is 0.879. The summed E-state index contributed by atoms with van der Waals surface area (Å²) in [5.74, 6) is 0. The molecule has 0 aliphatic heterocycles. The first-order valence-corrected chi connectivity index (χ1v) is 29.9. The Morgan fingerprint density at radius 1 is 0.193 bits per heavy atom. The number of aromatic nitrogens is 4. The standard InChI is InChI=1S/C81H55N7/c1-7-25-56(26-8-1)83(57-27-9-2-10-28-57)62-43-46-76-68(51-62)65-37-19-22-40-73(65)86(76)79-49-50-82-72-55-81(88-75-42-24-21-39-67(75)70-53-64(45-48-78(70)88)85(60-33-15-5-16-34-60)61-35-17-6-18-36-61)80(54-71(72)79)87-74-41-23-20-38-66(74)69-52-63(44-47-77(69)87)84(58-29-11-3-12-30-58)59-31-13-4-14-32-59/h1-55H. The predicted molar refractivity (Wildman–Crippen MR) is 369 cm³/mol. The van der Waals surface area contributed by atoms with E-state index in [0.29, 0.717) is 0 Å². The van der Waals surface area contributed by atoms with Crippen LogP contribution in [-0.2, 0) is 0 Å². The first kappa shape index (κ1) is 50.6. The van der Waals surface area contributed by atoms with Crippen molar-refractivity contribution in [1.29, 1.82) is 0 Å². The molecule has 0 radical (unpaired) electrons. The van der Waals surface area contributed by atoms with Crippen LogP contribution in [0.1, 0.15) is 0 Å². The van der Waals surface area contributed by atoms with E-state index < -0.39 is 0 Å². The number of anilines is 9. The molecule has 0 unspecified atom stereocenters. The number of nitrogens with zero attached hydrogens (tertiary/aromatic N) is 7. The molecule has 0 aliphatic rings. The van der Waals surface area contributed by atoms with Crippen molar-refractivity contribution in [2.45, 2.75) is 0 Å². The molecule has 0 aliphatic carbocycles. The van der Waals surface area contributed by atoms with Gasteiger partial charge in [-0.25, -0.2) is 0 Å². The van der Waals surface area contributed by atoms with Gasteiger partial charge >= 0.3 is 0 Å². The minimum absolute atomic E-state index is 0.879. The van der Waals surface area contributed by atoms with Gasteiger partial charge in [0.05, 0.1) is 55.7 Å². The lowest BCUT2D eigenvalue weighted by Gasteiger charge is -2.26. The van der Waals surface area contributed by atoms with E-state index in [1.165, 1.54) is 5.39 Å². The largest absolute Gasteiger partial charge is 0.310 e. The fourth-order valence-corrected chi connectivity index (χ4v) is 13.6. The molecule has 17 rings (SSSR count). The monoisotopic (exact) mass is 1130 g/mol. The smallest absolute Gasteiger partial charge is 0.0745 e. The molecular formula is C81H55N7. The van der Waals surface area contributed by atoms with Gasteiger partial charge in [0.15, 0.2) is 0 Å². The molecule has 17 aromatic rings. The van der Waals surface area contributed by atoms with Crippen molar-refractivity contribution >= 4 is 128 Å². The van der Waals surface area contributed by atoms with Gasteiger partial charge in [0.1, 0.15) is 0 Å². The fourth-order valence-electron chi connectivity index (χ4n) is 13.6. The molecule has 0 saturated heterocycles. The van der Waals surface area contributed by atoms with Crippen LogP contribution in [0.2, 0.25) is 0 Å². The van der Waals surface area contributed by atoms with Gasteiger partial charge in [-0.1, -0.05) is 164 Å². The van der Waals surface area contributed by atoms with E-state index in [1.54, 1.807) is 0 Å². The van der Waals surface area contributed by atoms with Gasteiger partial charge in [0.25, 0.3) is 0 Å². The van der Waals surface area contributed by atoms with Crippen molar-refractivity contribution in [3.63, 3.8) is 0 Å². The van der Waals surface area contributed by atoms with Crippen LogP contribution in [0, 0.1) is 0 Å². The zero-order valence-corrected chi connectivity index (χ0v) is 47.9. The molecule has 414 valence electrons. The number of pyridine rings is 1. The highest BCUT2D eigenvalue weighted by atomic mass is 15.2. The third kappa shape index (κ3) is 8.32. The Balaban J connectivity index is 0.935. The number of rotatable bonds is 12. The van der Waals surface area contributed by atoms with E-state index in [-0.39, 0.29) is 0 Å². The molecule has 0 atom stereocenters. The number of hydrogen-bond acceptors (Lipinski definition) is 4. The van der Waals surface area contributed by atoms with E-state index in [9.17, 15) is 0 Å². The first-order valence-electron chi connectivity index (χ1n) is 29.9. The van der Waals surface area contributed by atoms with E-state index in [0.717, 1.165) is 139 Å². The Morgan fingerprint density at radius 3 is 0.795 bits per heavy atom. The van der Waals surface area contributed by atoms with Crippen molar-refractivity contribution in [2.75, 3.05) is 14.7 Å². The molecule has 88 heavy (non-hydrogen) atoms. The molecule has 7 nitrogen and oxygen atoms in total. The molecule has 4 aromatic heterocycles. The summed E-state index contributed by atoms with van der Waals surface area (Å²) in [6, 6.07) is 118. The van der Waals surface area contributed by atoms with Gasteiger partial charge in [-0.2, -0.15) is 0 Å². The van der Waals surface area contributed by atoms with E-state index >= 15 is 0 Å². The highest BCUT2D eigenvalue weighted by molar-refractivity contribution is 6.15. The minimum Gasteiger partial charge on any atom is -0.310 e. The SMILES string of the molecule is c1ccc(N(c2ccccc2)c2ccc3c(c2)c2ccccc2n3-c2cc3nccc(-n4c5ccccc5c5cc(N(c6ccccc6)c6ccccc6)ccc54)c3cc2-n2c3ccccc3c3cc(N(c4ccccc4)c4ccccc4)ccc32)cc1. The third-order valence-corrected chi connectivity index (χ3v) is 17.4. The van der Waals surface area contributed by atoms with Gasteiger partial charge in [0.2, 0.25) is 0 Å². The molecule has 0 fully saturated rings. The topological polar surface area (TPSA) is 37.4 Å². The number of benzene rings is 13. The van der Waals surface area contributed by atoms with Crippen molar-refractivity contribution in [3.05, 3.63) is 334 Å². The second kappa shape index (κ2) is 21.0. The van der Waals surface area contributed by atoms with E-state index in [2.05, 4.69) is 356 Å². The van der Waals surface area contributed by atoms with E-state index in [1.807, 2.05) is 6.20 Å². The van der Waals surface area contributed by atoms with Crippen molar-refractivity contribution < 1.29 is 0 Å². The lowest BCUT2D eigenvalue weighted by atomic mass is 10.1.